The summed E-state index contributed by atoms with van der Waals surface area (Å²) in [5.74, 6) is 0.492. The van der Waals surface area contributed by atoms with Crippen LogP contribution >= 0.6 is 0 Å². The summed E-state index contributed by atoms with van der Waals surface area (Å²) in [6, 6.07) is 1.98. The van der Waals surface area contributed by atoms with Crippen LogP contribution < -0.4 is 5.32 Å². The van der Waals surface area contributed by atoms with Crippen LogP contribution in [0.25, 0.3) is 0 Å². The minimum atomic E-state index is -0.493. The van der Waals surface area contributed by atoms with Crippen LogP contribution in [0.1, 0.15) is 55.4 Å². The summed E-state index contributed by atoms with van der Waals surface area (Å²) in [4.78, 5) is 26.9. The normalized spacial score (nSPS) is 18.0. The Morgan fingerprint density at radius 2 is 2.07 bits per heavy atom. The average Bonchev–Trinajstić information content (AvgIpc) is 2.87. The van der Waals surface area contributed by atoms with Crippen molar-refractivity contribution < 1.29 is 14.3 Å². The topological polar surface area (TPSA) is 63.6 Å². The molecule has 1 atom stereocenters. The van der Waals surface area contributed by atoms with Crippen molar-refractivity contribution >= 4 is 11.9 Å². The van der Waals surface area contributed by atoms with Crippen molar-refractivity contribution in [3.63, 3.8) is 0 Å². The molecular weight excluding hydrogens is 354 g/mol. The number of aromatic nitrogens is 1. The van der Waals surface area contributed by atoms with E-state index in [9.17, 15) is 9.59 Å². The number of nitrogens with zero attached hydrogens (tertiary/aromatic N) is 2. The SMILES string of the molecule is C=CCn1c(C)cc(C(=O)CN2CCCC(CNC(=O)OC(C)(C)C)C2)c1C. The maximum absolute atomic E-state index is 12.9. The molecule has 156 valence electrons. The van der Waals surface area contributed by atoms with E-state index in [4.69, 9.17) is 4.74 Å². The number of ether oxygens (including phenoxy) is 1. The van der Waals surface area contributed by atoms with Gasteiger partial charge in [0.25, 0.3) is 0 Å². The Morgan fingerprint density at radius 3 is 2.71 bits per heavy atom. The van der Waals surface area contributed by atoms with Crippen molar-refractivity contribution in [3.05, 3.63) is 35.7 Å². The van der Waals surface area contributed by atoms with Crippen molar-refractivity contribution in [2.45, 2.75) is 59.6 Å². The number of likely N-dealkylation sites (tertiary alicyclic amines) is 1. The highest BCUT2D eigenvalue weighted by atomic mass is 16.6. The van der Waals surface area contributed by atoms with E-state index in [0.717, 1.165) is 42.9 Å². The lowest BCUT2D eigenvalue weighted by molar-refractivity contribution is 0.0504. The molecule has 1 aromatic rings. The predicted molar refractivity (Wildman–Crippen MR) is 112 cm³/mol. The van der Waals surface area contributed by atoms with E-state index in [0.29, 0.717) is 25.6 Å². The van der Waals surface area contributed by atoms with E-state index in [-0.39, 0.29) is 11.9 Å². The summed E-state index contributed by atoms with van der Waals surface area (Å²) in [7, 11) is 0. The number of Topliss-reactive ketones (excluding diaryl/α,β-unsaturated/α-hetero) is 1. The molecule has 0 aliphatic carbocycles. The maximum atomic E-state index is 12.9. The van der Waals surface area contributed by atoms with Crippen LogP contribution in [0, 0.1) is 19.8 Å². The number of aryl methyl sites for hydroxylation is 1. The first-order valence-electron chi connectivity index (χ1n) is 10.1. The Morgan fingerprint density at radius 1 is 1.36 bits per heavy atom. The molecule has 1 unspecified atom stereocenters. The third-order valence-electron chi connectivity index (χ3n) is 5.09. The minimum Gasteiger partial charge on any atom is -0.444 e. The number of hydrogen-bond donors (Lipinski definition) is 1. The molecule has 0 aromatic carbocycles. The van der Waals surface area contributed by atoms with Gasteiger partial charge in [-0.3, -0.25) is 9.69 Å². The third-order valence-corrected chi connectivity index (χ3v) is 5.09. The largest absolute Gasteiger partial charge is 0.444 e. The summed E-state index contributed by atoms with van der Waals surface area (Å²) in [5, 5.41) is 2.86. The molecule has 0 spiro atoms. The van der Waals surface area contributed by atoms with E-state index in [1.807, 2.05) is 46.8 Å². The van der Waals surface area contributed by atoms with Crippen LogP contribution in [0.3, 0.4) is 0 Å². The van der Waals surface area contributed by atoms with E-state index in [1.54, 1.807) is 0 Å². The molecule has 2 heterocycles. The van der Waals surface area contributed by atoms with Gasteiger partial charge in [-0.2, -0.15) is 0 Å². The first kappa shape index (κ1) is 22.2. The molecule has 1 aliphatic rings. The van der Waals surface area contributed by atoms with E-state index >= 15 is 0 Å². The highest BCUT2D eigenvalue weighted by Crippen LogP contribution is 2.19. The lowest BCUT2D eigenvalue weighted by atomic mass is 9.97. The zero-order valence-electron chi connectivity index (χ0n) is 18.0. The van der Waals surface area contributed by atoms with Gasteiger partial charge in [0, 0.05) is 36.6 Å². The summed E-state index contributed by atoms with van der Waals surface area (Å²) in [5.41, 5.74) is 2.39. The number of alkyl carbamates (subject to hydrolysis) is 1. The first-order valence-corrected chi connectivity index (χ1v) is 10.1. The molecule has 28 heavy (non-hydrogen) atoms. The molecule has 0 radical (unpaired) electrons. The fourth-order valence-electron chi connectivity index (χ4n) is 3.79. The number of rotatable bonds is 7. The Labute approximate surface area is 168 Å². The van der Waals surface area contributed by atoms with Gasteiger partial charge in [-0.05, 0) is 66.0 Å². The second-order valence-corrected chi connectivity index (χ2v) is 8.73. The van der Waals surface area contributed by atoms with Crippen molar-refractivity contribution in [3.8, 4) is 0 Å². The van der Waals surface area contributed by atoms with Crippen molar-refractivity contribution in [1.29, 1.82) is 0 Å². The predicted octanol–water partition coefficient (Wildman–Crippen LogP) is 3.71. The zero-order valence-corrected chi connectivity index (χ0v) is 18.0. The van der Waals surface area contributed by atoms with Crippen LogP contribution in [-0.2, 0) is 11.3 Å². The molecule has 1 fully saturated rings. The number of carbonyl (C=O) groups excluding carboxylic acids is 2. The number of amides is 1. The summed E-state index contributed by atoms with van der Waals surface area (Å²) in [6.07, 6.45) is 3.55. The summed E-state index contributed by atoms with van der Waals surface area (Å²) in [6.45, 7) is 16.8. The monoisotopic (exact) mass is 389 g/mol. The van der Waals surface area contributed by atoms with Gasteiger partial charge in [0.2, 0.25) is 0 Å². The molecule has 1 aliphatic heterocycles. The third kappa shape index (κ3) is 6.23. The first-order chi connectivity index (χ1) is 13.1. The minimum absolute atomic E-state index is 0.157. The van der Waals surface area contributed by atoms with Crippen LogP contribution in [0.2, 0.25) is 0 Å². The van der Waals surface area contributed by atoms with Gasteiger partial charge in [0.05, 0.1) is 6.54 Å². The highest BCUT2D eigenvalue weighted by molar-refractivity contribution is 5.99. The van der Waals surface area contributed by atoms with Gasteiger partial charge in [-0.15, -0.1) is 6.58 Å². The van der Waals surface area contributed by atoms with Crippen LogP contribution in [0.5, 0.6) is 0 Å². The lowest BCUT2D eigenvalue weighted by Crippen LogP contribution is -2.43. The Kier molecular flexibility index (Phi) is 7.47. The van der Waals surface area contributed by atoms with Gasteiger partial charge in [-0.1, -0.05) is 6.08 Å². The van der Waals surface area contributed by atoms with Gasteiger partial charge in [0.15, 0.2) is 5.78 Å². The van der Waals surface area contributed by atoms with Gasteiger partial charge < -0.3 is 14.6 Å². The van der Waals surface area contributed by atoms with E-state index in [2.05, 4.69) is 21.4 Å². The molecule has 1 N–H and O–H groups in total. The average molecular weight is 390 g/mol. The van der Waals surface area contributed by atoms with Crippen LogP contribution in [0.15, 0.2) is 18.7 Å². The number of hydrogen-bond acceptors (Lipinski definition) is 4. The van der Waals surface area contributed by atoms with E-state index in [1.165, 1.54) is 0 Å². The quantitative estimate of drug-likeness (QED) is 0.570. The number of carbonyl (C=O) groups is 2. The highest BCUT2D eigenvalue weighted by Gasteiger charge is 2.25. The van der Waals surface area contributed by atoms with Crippen molar-refractivity contribution in [2.24, 2.45) is 5.92 Å². The molecule has 2 rings (SSSR count). The number of ketones is 1. The molecule has 0 saturated carbocycles. The number of nitrogens with one attached hydrogen (secondary N) is 1. The maximum Gasteiger partial charge on any atom is 0.407 e. The Hall–Kier alpha value is -2.08. The smallest absolute Gasteiger partial charge is 0.407 e. The second-order valence-electron chi connectivity index (χ2n) is 8.73. The van der Waals surface area contributed by atoms with Gasteiger partial charge >= 0.3 is 6.09 Å². The zero-order chi connectivity index (χ0) is 20.9. The number of allylic oxidation sites excluding steroid dienone is 1. The lowest BCUT2D eigenvalue weighted by Gasteiger charge is -2.32. The summed E-state index contributed by atoms with van der Waals surface area (Å²) >= 11 is 0. The second kappa shape index (κ2) is 9.41. The summed E-state index contributed by atoms with van der Waals surface area (Å²) < 4.78 is 7.41. The molecule has 0 bridgehead atoms. The molecule has 1 aromatic heterocycles. The molecule has 1 amide bonds. The van der Waals surface area contributed by atoms with Crippen LogP contribution in [0.4, 0.5) is 4.79 Å². The Balaban J connectivity index is 1.89. The molecular formula is C22H35N3O3. The fourth-order valence-corrected chi connectivity index (χ4v) is 3.79. The standard InChI is InChI=1S/C22H35N3O3/c1-7-10-25-16(2)12-19(17(25)3)20(26)15-24-11-8-9-18(14-24)13-23-21(27)28-22(4,5)6/h7,12,18H,1,8-11,13-15H2,2-6H3,(H,23,27). The van der Waals surface area contributed by atoms with Crippen molar-refractivity contribution in [2.75, 3.05) is 26.2 Å². The van der Waals surface area contributed by atoms with Gasteiger partial charge in [-0.25, -0.2) is 4.79 Å². The molecule has 6 nitrogen and oxygen atoms in total. The van der Waals surface area contributed by atoms with Crippen molar-refractivity contribution in [1.82, 2.24) is 14.8 Å². The number of piperidine rings is 1. The Bertz CT molecular complexity index is 715. The fraction of sp³-hybridized carbons (Fsp3) is 0.636. The van der Waals surface area contributed by atoms with E-state index < -0.39 is 5.60 Å². The molecule has 1 saturated heterocycles. The van der Waals surface area contributed by atoms with Crippen LogP contribution in [-0.4, -0.2) is 53.1 Å². The molecule has 6 heteroatoms. The van der Waals surface area contributed by atoms with Gasteiger partial charge in [0.1, 0.15) is 5.60 Å².